The van der Waals surface area contributed by atoms with Crippen LogP contribution in [0.4, 0.5) is 4.39 Å². The molecule has 1 N–H and O–H groups in total. The van der Waals surface area contributed by atoms with E-state index in [2.05, 4.69) is 0 Å². The summed E-state index contributed by atoms with van der Waals surface area (Å²) in [6.45, 7) is 0. The molecule has 2 rings (SSSR count). The Morgan fingerprint density at radius 2 is 1.71 bits per heavy atom. The summed E-state index contributed by atoms with van der Waals surface area (Å²) in [5.74, 6) is -2.53. The normalized spacial score (nSPS) is 23.6. The third kappa shape index (κ3) is 2.51. The zero-order valence-corrected chi connectivity index (χ0v) is 11.8. The number of methoxy groups -OCH3 is 2. The Labute approximate surface area is 121 Å². The minimum absolute atomic E-state index is 0.0750. The number of ether oxygens (including phenoxy) is 2. The molecule has 0 heterocycles. The molecule has 1 aliphatic rings. The molecule has 0 spiro atoms. The van der Waals surface area contributed by atoms with Crippen molar-refractivity contribution < 1.29 is 28.6 Å². The second-order valence-electron chi connectivity index (χ2n) is 5.15. The molecular weight excluding hydrogens is 279 g/mol. The zero-order chi connectivity index (χ0) is 15.6. The average molecular weight is 296 g/mol. The Balaban J connectivity index is 2.52. The van der Waals surface area contributed by atoms with Crippen LogP contribution in [0.5, 0.6) is 0 Å². The van der Waals surface area contributed by atoms with Crippen molar-refractivity contribution >= 4 is 11.9 Å². The number of aliphatic hydroxyl groups excluding tert-OH is 1. The summed E-state index contributed by atoms with van der Waals surface area (Å²) >= 11 is 0. The maximum absolute atomic E-state index is 13.1. The molecule has 0 unspecified atom stereocenters. The van der Waals surface area contributed by atoms with Gasteiger partial charge in [-0.1, -0.05) is 12.1 Å². The molecule has 6 heteroatoms. The van der Waals surface area contributed by atoms with E-state index in [1.165, 1.54) is 38.5 Å². The second kappa shape index (κ2) is 5.81. The van der Waals surface area contributed by atoms with Crippen LogP contribution in [0.25, 0.3) is 0 Å². The molecular formula is C15H17FO5. The molecule has 0 radical (unpaired) electrons. The lowest BCUT2D eigenvalue weighted by Gasteiger charge is -2.29. The van der Waals surface area contributed by atoms with Gasteiger partial charge >= 0.3 is 11.9 Å². The van der Waals surface area contributed by atoms with Gasteiger partial charge in [0.2, 0.25) is 0 Å². The smallest absolute Gasteiger partial charge is 0.323 e. The van der Waals surface area contributed by atoms with Gasteiger partial charge in [0, 0.05) is 12.3 Å². The summed E-state index contributed by atoms with van der Waals surface area (Å²) in [6.07, 6.45) is -0.706. The second-order valence-corrected chi connectivity index (χ2v) is 5.15. The van der Waals surface area contributed by atoms with E-state index in [0.717, 1.165) is 0 Å². The SMILES string of the molecule is COC(=O)C1(C(=O)OC)C[C@H](O)C[C@@H]1c1ccc(F)cc1. The van der Waals surface area contributed by atoms with Crippen molar-refractivity contribution in [1.29, 1.82) is 0 Å². The lowest BCUT2D eigenvalue weighted by molar-refractivity contribution is -0.170. The summed E-state index contributed by atoms with van der Waals surface area (Å²) in [5, 5.41) is 9.95. The van der Waals surface area contributed by atoms with Crippen molar-refractivity contribution in [1.82, 2.24) is 0 Å². The van der Waals surface area contributed by atoms with Gasteiger partial charge in [-0.2, -0.15) is 0 Å². The molecule has 2 atom stereocenters. The number of rotatable bonds is 3. The molecule has 1 aromatic rings. The van der Waals surface area contributed by atoms with Gasteiger partial charge in [0.25, 0.3) is 0 Å². The number of carbonyl (C=O) groups excluding carboxylic acids is 2. The van der Waals surface area contributed by atoms with Crippen molar-refractivity contribution in [2.24, 2.45) is 5.41 Å². The Hall–Kier alpha value is -1.95. The highest BCUT2D eigenvalue weighted by atomic mass is 19.1. The largest absolute Gasteiger partial charge is 0.468 e. The van der Waals surface area contributed by atoms with E-state index >= 15 is 0 Å². The third-order valence-electron chi connectivity index (χ3n) is 4.03. The maximum Gasteiger partial charge on any atom is 0.323 e. The quantitative estimate of drug-likeness (QED) is 0.674. The molecule has 0 amide bonds. The van der Waals surface area contributed by atoms with Crippen LogP contribution in [-0.4, -0.2) is 37.4 Å². The molecule has 0 bridgehead atoms. The lowest BCUT2D eigenvalue weighted by Crippen LogP contribution is -2.43. The minimum Gasteiger partial charge on any atom is -0.468 e. The van der Waals surface area contributed by atoms with Gasteiger partial charge in [-0.05, 0) is 24.1 Å². The van der Waals surface area contributed by atoms with E-state index in [1.807, 2.05) is 0 Å². The van der Waals surface area contributed by atoms with Gasteiger partial charge in [-0.3, -0.25) is 9.59 Å². The summed E-state index contributed by atoms with van der Waals surface area (Å²) in [6, 6.07) is 5.50. The predicted octanol–water partition coefficient (Wildman–Crippen LogP) is 1.40. The van der Waals surface area contributed by atoms with Crippen molar-refractivity contribution in [2.75, 3.05) is 14.2 Å². The van der Waals surface area contributed by atoms with Gasteiger partial charge in [-0.25, -0.2) is 4.39 Å². The number of hydrogen-bond acceptors (Lipinski definition) is 5. The van der Waals surface area contributed by atoms with Gasteiger partial charge in [0.05, 0.1) is 20.3 Å². The van der Waals surface area contributed by atoms with E-state index < -0.39 is 35.2 Å². The van der Waals surface area contributed by atoms with Crippen molar-refractivity contribution in [3.05, 3.63) is 35.6 Å². The van der Waals surface area contributed by atoms with E-state index in [-0.39, 0.29) is 12.8 Å². The van der Waals surface area contributed by atoms with Crippen LogP contribution in [-0.2, 0) is 19.1 Å². The van der Waals surface area contributed by atoms with E-state index in [9.17, 15) is 19.1 Å². The van der Waals surface area contributed by atoms with Crippen molar-refractivity contribution in [3.8, 4) is 0 Å². The first-order valence-corrected chi connectivity index (χ1v) is 6.56. The lowest BCUT2D eigenvalue weighted by atomic mass is 9.74. The molecule has 1 saturated carbocycles. The van der Waals surface area contributed by atoms with E-state index in [1.54, 1.807) is 0 Å². The highest BCUT2D eigenvalue weighted by molar-refractivity contribution is 6.01. The summed E-state index contributed by atoms with van der Waals surface area (Å²) in [5.41, 5.74) is -1.01. The first-order valence-electron chi connectivity index (χ1n) is 6.56. The molecule has 21 heavy (non-hydrogen) atoms. The van der Waals surface area contributed by atoms with Crippen molar-refractivity contribution in [3.63, 3.8) is 0 Å². The predicted molar refractivity (Wildman–Crippen MR) is 70.8 cm³/mol. The number of aliphatic hydroxyl groups is 1. The first kappa shape index (κ1) is 15.4. The summed E-state index contributed by atoms with van der Waals surface area (Å²) < 4.78 is 22.6. The van der Waals surface area contributed by atoms with Crippen LogP contribution < -0.4 is 0 Å². The molecule has 0 aliphatic heterocycles. The molecule has 0 saturated heterocycles. The fourth-order valence-electron chi connectivity index (χ4n) is 3.08. The fraction of sp³-hybridized carbons (Fsp3) is 0.467. The topological polar surface area (TPSA) is 72.8 Å². The molecule has 1 aliphatic carbocycles. The number of hydrogen-bond donors (Lipinski definition) is 1. The third-order valence-corrected chi connectivity index (χ3v) is 4.03. The maximum atomic E-state index is 13.1. The van der Waals surface area contributed by atoms with Gasteiger partial charge in [0.15, 0.2) is 5.41 Å². The minimum atomic E-state index is -1.60. The van der Waals surface area contributed by atoms with Crippen LogP contribution >= 0.6 is 0 Å². The first-order chi connectivity index (χ1) is 9.95. The monoisotopic (exact) mass is 296 g/mol. The molecule has 114 valence electrons. The van der Waals surface area contributed by atoms with Crippen molar-refractivity contribution in [2.45, 2.75) is 24.9 Å². The molecule has 1 fully saturated rings. The average Bonchev–Trinajstić information content (AvgIpc) is 2.85. The fourth-order valence-corrected chi connectivity index (χ4v) is 3.08. The number of esters is 2. The van der Waals surface area contributed by atoms with E-state index in [4.69, 9.17) is 9.47 Å². The van der Waals surface area contributed by atoms with E-state index in [0.29, 0.717) is 5.56 Å². The Morgan fingerprint density at radius 3 is 2.19 bits per heavy atom. The number of carbonyl (C=O) groups is 2. The molecule has 0 aromatic heterocycles. The zero-order valence-electron chi connectivity index (χ0n) is 11.8. The van der Waals surface area contributed by atoms with Crippen LogP contribution in [0.1, 0.15) is 24.3 Å². The highest BCUT2D eigenvalue weighted by Gasteiger charge is 2.60. The van der Waals surface area contributed by atoms with Crippen LogP contribution in [0.3, 0.4) is 0 Å². The summed E-state index contributed by atoms with van der Waals surface area (Å²) in [4.78, 5) is 24.4. The van der Waals surface area contributed by atoms with Gasteiger partial charge < -0.3 is 14.6 Å². The summed E-state index contributed by atoms with van der Waals surface area (Å²) in [7, 11) is 2.36. The number of benzene rings is 1. The van der Waals surface area contributed by atoms with Crippen LogP contribution in [0, 0.1) is 11.2 Å². The Bertz CT molecular complexity index is 523. The van der Waals surface area contributed by atoms with Crippen LogP contribution in [0.2, 0.25) is 0 Å². The Morgan fingerprint density at radius 1 is 1.19 bits per heavy atom. The molecule has 5 nitrogen and oxygen atoms in total. The Kier molecular flexibility index (Phi) is 4.27. The highest BCUT2D eigenvalue weighted by Crippen LogP contribution is 2.51. The van der Waals surface area contributed by atoms with Crippen LogP contribution in [0.15, 0.2) is 24.3 Å². The van der Waals surface area contributed by atoms with Gasteiger partial charge in [0.1, 0.15) is 5.82 Å². The standard InChI is InChI=1S/C15H17FO5/c1-20-13(18)15(14(19)21-2)8-11(17)7-12(15)9-3-5-10(16)6-4-9/h3-6,11-12,17H,7-8H2,1-2H3/t11-,12-/m1/s1. The van der Waals surface area contributed by atoms with Gasteiger partial charge in [-0.15, -0.1) is 0 Å². The molecule has 1 aromatic carbocycles. The number of halogens is 1.